The van der Waals surface area contributed by atoms with Crippen LogP contribution in [0, 0.1) is 11.8 Å². The molecule has 0 aliphatic heterocycles. The highest BCUT2D eigenvalue weighted by Gasteiger charge is 2.10. The molecule has 2 atom stereocenters. The summed E-state index contributed by atoms with van der Waals surface area (Å²) in [5, 5.41) is 0. The molecule has 0 aliphatic rings. The Hall–Kier alpha value is -1.37. The first-order valence-corrected chi connectivity index (χ1v) is 36.8. The van der Waals surface area contributed by atoms with Crippen molar-refractivity contribution in [2.75, 3.05) is 0 Å². The maximum atomic E-state index is 12.4. The van der Waals surface area contributed by atoms with Crippen molar-refractivity contribution in [3.05, 3.63) is 48.6 Å². The highest BCUT2D eigenvalue weighted by molar-refractivity contribution is 5.99. The van der Waals surface area contributed by atoms with Crippen LogP contribution in [0.25, 0.3) is 0 Å². The molecule has 0 heterocycles. The maximum Gasteiger partial charge on any atom is 0.177 e. The number of ketones is 1. The van der Waals surface area contributed by atoms with Crippen LogP contribution >= 0.6 is 0 Å². The van der Waals surface area contributed by atoms with Crippen molar-refractivity contribution < 1.29 is 4.79 Å². The van der Waals surface area contributed by atoms with E-state index in [-0.39, 0.29) is 5.78 Å². The van der Waals surface area contributed by atoms with Gasteiger partial charge in [0.05, 0.1) is 0 Å². The van der Waals surface area contributed by atoms with Crippen molar-refractivity contribution in [3.8, 4) is 0 Å². The maximum absolute atomic E-state index is 12.4. The number of carbonyl (C=O) groups is 1. The second kappa shape index (κ2) is 69.9. The molecule has 0 rings (SSSR count). The first-order chi connectivity index (χ1) is 38.7. The quantitative estimate of drug-likeness (QED) is 0.0337. The van der Waals surface area contributed by atoms with Crippen molar-refractivity contribution in [2.24, 2.45) is 11.8 Å². The lowest BCUT2D eigenvalue weighted by Gasteiger charge is -2.17. The second-order valence-corrected chi connectivity index (χ2v) is 25.6. The highest BCUT2D eigenvalue weighted by Crippen LogP contribution is 2.27. The van der Waals surface area contributed by atoms with Gasteiger partial charge in [-0.2, -0.15) is 0 Å². The van der Waals surface area contributed by atoms with Gasteiger partial charge in [0.2, 0.25) is 0 Å². The van der Waals surface area contributed by atoms with E-state index in [0.29, 0.717) is 0 Å². The summed E-state index contributed by atoms with van der Waals surface area (Å²) < 4.78 is 0. The third kappa shape index (κ3) is 65.4. The lowest BCUT2D eigenvalue weighted by molar-refractivity contribution is -0.110. The summed E-state index contributed by atoms with van der Waals surface area (Å²) in [5.74, 6) is 2.15. The number of allylic oxidation sites excluding steroid dienone is 8. The Balaban J connectivity index is 3.76. The summed E-state index contributed by atoms with van der Waals surface area (Å²) in [5.41, 5.74) is 0. The Bertz CT molecular complexity index is 1130. The third-order valence-electron chi connectivity index (χ3n) is 17.7. The molecule has 1 nitrogen and oxygen atoms in total. The molecule has 0 amide bonds. The summed E-state index contributed by atoms with van der Waals surface area (Å²) in [4.78, 5) is 12.4. The minimum Gasteiger partial charge on any atom is -0.290 e. The molecule has 2 unspecified atom stereocenters. The van der Waals surface area contributed by atoms with Gasteiger partial charge in [-0.1, -0.05) is 385 Å². The number of hydrogen-bond acceptors (Lipinski definition) is 1. The van der Waals surface area contributed by atoms with Crippen molar-refractivity contribution >= 4 is 5.78 Å². The molecule has 0 bridgehead atoms. The average molecular weight is 1090 g/mol. The molecule has 78 heavy (non-hydrogen) atoms. The van der Waals surface area contributed by atoms with Crippen LogP contribution in [0.3, 0.4) is 0 Å². The largest absolute Gasteiger partial charge is 0.290 e. The Labute approximate surface area is 494 Å². The van der Waals surface area contributed by atoms with Gasteiger partial charge in [0, 0.05) is 0 Å². The Kier molecular flexibility index (Phi) is 68.7. The molecule has 1 heteroatoms. The SMILES string of the molecule is CCCCCCCCC/C=C\CCCCCCCCCC(CCCCC)CCCCCCCCCC/C=C\C(=O)/C=C\CCCCCCCCCCC(CCCCC)CCCCCCCCC/C=C\CCCCCCCCC. The fourth-order valence-corrected chi connectivity index (χ4v) is 12.3. The fraction of sp³-hybridized carbons (Fsp3) is 0.883. The van der Waals surface area contributed by atoms with E-state index in [1.165, 1.54) is 385 Å². The normalized spacial score (nSPS) is 13.0. The van der Waals surface area contributed by atoms with Crippen LogP contribution in [0.5, 0.6) is 0 Å². The lowest BCUT2D eigenvalue weighted by Crippen LogP contribution is -2.01. The molecule has 0 spiro atoms. The molecule has 0 aromatic carbocycles. The van der Waals surface area contributed by atoms with Crippen molar-refractivity contribution in [1.29, 1.82) is 0 Å². The summed E-state index contributed by atoms with van der Waals surface area (Å²) in [6.07, 6.45) is 105. The van der Waals surface area contributed by atoms with E-state index in [1.54, 1.807) is 0 Å². The van der Waals surface area contributed by atoms with Gasteiger partial charge in [-0.05, 0) is 101 Å². The van der Waals surface area contributed by atoms with Crippen molar-refractivity contribution in [2.45, 2.75) is 426 Å². The smallest absolute Gasteiger partial charge is 0.177 e. The van der Waals surface area contributed by atoms with E-state index in [4.69, 9.17) is 0 Å². The molecule has 0 aromatic rings. The Morgan fingerprint density at radius 3 is 0.577 bits per heavy atom. The highest BCUT2D eigenvalue weighted by atomic mass is 16.1. The predicted octanol–water partition coefficient (Wildman–Crippen LogP) is 28.3. The number of rotatable bonds is 68. The van der Waals surface area contributed by atoms with Gasteiger partial charge in [-0.15, -0.1) is 0 Å². The summed E-state index contributed by atoms with van der Waals surface area (Å²) in [7, 11) is 0. The predicted molar refractivity (Wildman–Crippen MR) is 357 cm³/mol. The van der Waals surface area contributed by atoms with Gasteiger partial charge >= 0.3 is 0 Å². The van der Waals surface area contributed by atoms with Crippen LogP contribution in [0.15, 0.2) is 48.6 Å². The van der Waals surface area contributed by atoms with Crippen LogP contribution in [0.2, 0.25) is 0 Å². The monoisotopic (exact) mass is 1090 g/mol. The van der Waals surface area contributed by atoms with Crippen LogP contribution in [0.4, 0.5) is 0 Å². The minimum atomic E-state index is 0.178. The van der Waals surface area contributed by atoms with Gasteiger partial charge < -0.3 is 0 Å². The molecule has 0 N–H and O–H groups in total. The molecular formula is C77H146O. The zero-order valence-electron chi connectivity index (χ0n) is 54.5. The van der Waals surface area contributed by atoms with Crippen LogP contribution in [-0.2, 0) is 4.79 Å². The number of carbonyl (C=O) groups excluding carboxylic acids is 1. The van der Waals surface area contributed by atoms with Gasteiger partial charge in [-0.3, -0.25) is 4.79 Å². The molecule has 0 saturated heterocycles. The second-order valence-electron chi connectivity index (χ2n) is 25.6. The van der Waals surface area contributed by atoms with Crippen LogP contribution in [-0.4, -0.2) is 5.78 Å². The van der Waals surface area contributed by atoms with E-state index in [2.05, 4.69) is 64.2 Å². The van der Waals surface area contributed by atoms with E-state index < -0.39 is 0 Å². The standard InChI is InChI=1S/C77H146O/c1-5-9-13-15-17-19-21-23-25-27-29-31-33-35-41-47-53-61-69-75(67-59-11-7-3)71-63-55-49-43-37-39-45-51-57-65-73-77(78)74-66-58-52-46-40-38-44-50-56-64-72-76(68-60-12-8-4)70-62-54-48-42-36-34-32-30-28-26-24-22-20-18-16-14-10-6-2/h25-28,65-66,73-76H,5-24,29-64,67-72H2,1-4H3/b27-25-,28-26-,73-65-,74-66-. The number of unbranched alkanes of at least 4 members (excludes halogenated alkanes) is 48. The number of hydrogen-bond donors (Lipinski definition) is 0. The van der Waals surface area contributed by atoms with Crippen LogP contribution in [0.1, 0.15) is 426 Å². The van der Waals surface area contributed by atoms with Crippen molar-refractivity contribution in [3.63, 3.8) is 0 Å². The molecule has 460 valence electrons. The third-order valence-corrected chi connectivity index (χ3v) is 17.7. The van der Waals surface area contributed by atoms with Gasteiger partial charge in [-0.25, -0.2) is 0 Å². The fourth-order valence-electron chi connectivity index (χ4n) is 12.3. The molecular weight excluding hydrogens is 941 g/mol. The summed E-state index contributed by atoms with van der Waals surface area (Å²) >= 11 is 0. The molecule has 0 fully saturated rings. The molecule has 0 saturated carbocycles. The zero-order valence-corrected chi connectivity index (χ0v) is 54.5. The van der Waals surface area contributed by atoms with E-state index in [9.17, 15) is 4.79 Å². The van der Waals surface area contributed by atoms with E-state index in [1.807, 2.05) is 12.2 Å². The molecule has 0 aromatic heterocycles. The zero-order chi connectivity index (χ0) is 56.2. The first-order valence-electron chi connectivity index (χ1n) is 36.8. The summed E-state index contributed by atoms with van der Waals surface area (Å²) in [6.45, 7) is 9.32. The molecule has 0 aliphatic carbocycles. The topological polar surface area (TPSA) is 17.1 Å². The van der Waals surface area contributed by atoms with Gasteiger partial charge in [0.1, 0.15) is 0 Å². The average Bonchev–Trinajstić information content (AvgIpc) is 3.44. The summed E-state index contributed by atoms with van der Waals surface area (Å²) in [6, 6.07) is 0. The first kappa shape index (κ1) is 76.6. The molecule has 0 radical (unpaired) electrons. The van der Waals surface area contributed by atoms with Gasteiger partial charge in [0.25, 0.3) is 0 Å². The Morgan fingerprint density at radius 1 is 0.205 bits per heavy atom. The lowest BCUT2D eigenvalue weighted by atomic mass is 9.89. The Morgan fingerprint density at radius 2 is 0.359 bits per heavy atom. The van der Waals surface area contributed by atoms with Crippen molar-refractivity contribution in [1.82, 2.24) is 0 Å². The van der Waals surface area contributed by atoms with E-state index in [0.717, 1.165) is 24.7 Å². The van der Waals surface area contributed by atoms with Crippen LogP contribution < -0.4 is 0 Å². The van der Waals surface area contributed by atoms with Gasteiger partial charge in [0.15, 0.2) is 5.78 Å². The van der Waals surface area contributed by atoms with E-state index >= 15 is 0 Å². The minimum absolute atomic E-state index is 0.178.